The second kappa shape index (κ2) is 42.5. The minimum Gasteiger partial charge on any atom is -0.461 e. The molecule has 1 aromatic rings. The number of benzene rings is 1. The topological polar surface area (TPSA) is 241 Å². The van der Waals surface area contributed by atoms with Crippen LogP contribution in [0, 0.1) is 0 Å². The molecule has 80 heavy (non-hydrogen) atoms. The molecule has 20 heteroatoms. The van der Waals surface area contributed by atoms with Gasteiger partial charge in [-0.15, -0.1) is 0 Å². The number of hydrogen-bond acceptors (Lipinski definition) is 16. The maximum absolute atomic E-state index is 12.9. The molecule has 4 amide bonds. The molecule has 0 radical (unpaired) electrons. The number of hydrogen-bond donors (Lipinski definition) is 2. The van der Waals surface area contributed by atoms with Crippen molar-refractivity contribution in [1.29, 1.82) is 0 Å². The molecule has 0 bridgehead atoms. The van der Waals surface area contributed by atoms with Crippen molar-refractivity contribution in [3.05, 3.63) is 59.7 Å². The average molecular weight is 1130 g/mol. The van der Waals surface area contributed by atoms with Crippen LogP contribution in [-0.4, -0.2) is 135 Å². The number of carbonyl (C=O) groups is 8. The first kappa shape index (κ1) is 71.7. The molecule has 454 valence electrons. The molecule has 1 rings (SSSR count). The van der Waals surface area contributed by atoms with E-state index in [4.69, 9.17) is 37.9 Å². The second-order valence-electron chi connectivity index (χ2n) is 21.8. The van der Waals surface area contributed by atoms with E-state index in [2.05, 4.69) is 23.8 Å². The van der Waals surface area contributed by atoms with E-state index >= 15 is 0 Å². The van der Waals surface area contributed by atoms with E-state index < -0.39 is 35.9 Å². The zero-order chi connectivity index (χ0) is 59.6. The third-order valence-corrected chi connectivity index (χ3v) is 12.4. The second-order valence-corrected chi connectivity index (χ2v) is 21.8. The number of nitrogens with zero attached hydrogens (tertiary/aromatic N) is 2. The minimum atomic E-state index is -0.764. The molecule has 1 aromatic carbocycles. The first-order valence-electron chi connectivity index (χ1n) is 28.8. The van der Waals surface area contributed by atoms with Crippen LogP contribution in [0.4, 0.5) is 19.2 Å². The van der Waals surface area contributed by atoms with E-state index in [1.807, 2.05) is 53.7 Å². The van der Waals surface area contributed by atoms with Crippen molar-refractivity contribution in [2.75, 3.05) is 65.8 Å². The summed E-state index contributed by atoms with van der Waals surface area (Å²) in [7, 11) is 0. The van der Waals surface area contributed by atoms with Crippen LogP contribution < -0.4 is 10.6 Å². The lowest BCUT2D eigenvalue weighted by Crippen LogP contribution is -2.51. The maximum Gasteiger partial charge on any atom is 0.508 e. The van der Waals surface area contributed by atoms with E-state index in [-0.39, 0.29) is 76.2 Å². The predicted molar refractivity (Wildman–Crippen MR) is 304 cm³/mol. The molecule has 0 aromatic heterocycles. The van der Waals surface area contributed by atoms with Crippen molar-refractivity contribution in [3.63, 3.8) is 0 Å². The van der Waals surface area contributed by atoms with Crippen molar-refractivity contribution < 1.29 is 76.3 Å². The summed E-state index contributed by atoms with van der Waals surface area (Å²) in [4.78, 5) is 101. The van der Waals surface area contributed by atoms with Crippen LogP contribution >= 0.6 is 0 Å². The number of alkyl carbamates (subject to hydrolysis) is 1. The van der Waals surface area contributed by atoms with Gasteiger partial charge in [-0.1, -0.05) is 75.9 Å². The van der Waals surface area contributed by atoms with Crippen molar-refractivity contribution in [1.82, 2.24) is 20.4 Å². The van der Waals surface area contributed by atoms with E-state index in [0.717, 1.165) is 94.6 Å². The first-order chi connectivity index (χ1) is 38.0. The van der Waals surface area contributed by atoms with Gasteiger partial charge in [-0.05, 0) is 144 Å². The minimum absolute atomic E-state index is 0.0334. The number of nitrogens with one attached hydrogen (secondary N) is 2. The molecule has 0 unspecified atom stereocenters. The molecule has 2 N–H and O–H groups in total. The summed E-state index contributed by atoms with van der Waals surface area (Å²) in [6.07, 6.45) is 13.2. The van der Waals surface area contributed by atoms with E-state index in [0.29, 0.717) is 82.3 Å². The van der Waals surface area contributed by atoms with Gasteiger partial charge in [0.05, 0.1) is 39.5 Å². The lowest BCUT2D eigenvalue weighted by Gasteiger charge is -2.35. The van der Waals surface area contributed by atoms with Crippen LogP contribution in [0.3, 0.4) is 0 Å². The fourth-order valence-corrected chi connectivity index (χ4v) is 7.74. The Balaban J connectivity index is 1.98. The zero-order valence-electron chi connectivity index (χ0n) is 49.8. The van der Waals surface area contributed by atoms with Crippen LogP contribution in [0.25, 0.3) is 0 Å². The van der Waals surface area contributed by atoms with Gasteiger partial charge in [0.1, 0.15) is 26.4 Å². The van der Waals surface area contributed by atoms with Gasteiger partial charge in [-0.2, -0.15) is 0 Å². The van der Waals surface area contributed by atoms with Crippen molar-refractivity contribution in [2.24, 2.45) is 0 Å². The average Bonchev–Trinajstić information content (AvgIpc) is 3.39. The Bertz CT molecular complexity index is 2010. The van der Waals surface area contributed by atoms with Crippen LogP contribution in [-0.2, 0) is 70.3 Å². The van der Waals surface area contributed by atoms with Crippen LogP contribution in [0.15, 0.2) is 48.6 Å². The predicted octanol–water partition coefficient (Wildman–Crippen LogP) is 11.7. The highest BCUT2D eigenvalue weighted by Crippen LogP contribution is 2.18. The van der Waals surface area contributed by atoms with Gasteiger partial charge >= 0.3 is 42.3 Å². The highest BCUT2D eigenvalue weighted by atomic mass is 16.7. The fourth-order valence-electron chi connectivity index (χ4n) is 7.74. The summed E-state index contributed by atoms with van der Waals surface area (Å²) in [5, 5.41) is 5.72. The Hall–Kier alpha value is -6.34. The molecular weight excluding hydrogens is 1030 g/mol. The molecule has 0 spiro atoms. The Morgan fingerprint density at radius 1 is 0.425 bits per heavy atom. The molecule has 0 aliphatic rings. The summed E-state index contributed by atoms with van der Waals surface area (Å²) in [5.41, 5.74) is 1.38. The first-order valence-corrected chi connectivity index (χ1v) is 28.8. The molecule has 0 fully saturated rings. The van der Waals surface area contributed by atoms with E-state index in [1.54, 1.807) is 35.8 Å². The number of carbonyl (C=O) groups excluding carboxylic acids is 8. The molecule has 0 saturated carbocycles. The smallest absolute Gasteiger partial charge is 0.461 e. The SMILES string of the molecule is C=C(C)C(=O)OCCN(C(=O)CCCCCCCNC(=O)OCCCCCCOC(=O)OCCCCCCOC(=O)OCc1ccc(COC(=O)CCCCCCCNC(=O)N(CCOC(=O)C(=C)C)C(C)(C)C)cc1)C(C)(C)C. The summed E-state index contributed by atoms with van der Waals surface area (Å²) in [6.45, 7) is 25.0. The number of rotatable bonds is 42. The lowest BCUT2D eigenvalue weighted by molar-refractivity contribution is -0.145. The van der Waals surface area contributed by atoms with E-state index in [9.17, 15) is 38.4 Å². The number of amides is 4. The molecule has 0 heterocycles. The molecule has 0 aliphatic heterocycles. The zero-order valence-corrected chi connectivity index (χ0v) is 49.8. The van der Waals surface area contributed by atoms with Gasteiger partial charge in [-0.25, -0.2) is 28.8 Å². The monoisotopic (exact) mass is 1130 g/mol. The highest BCUT2D eigenvalue weighted by molar-refractivity contribution is 5.87. The van der Waals surface area contributed by atoms with Gasteiger partial charge in [0, 0.05) is 48.2 Å². The summed E-state index contributed by atoms with van der Waals surface area (Å²) in [5.74, 6) is -1.18. The molecule has 20 nitrogen and oxygen atoms in total. The standard InChI is InChI=1S/C60H98N4O16/c1-47(2)53(67)73-43-37-63(59(5,6)7)51(65)29-21-13-11-16-24-36-62-56(70)75-39-25-17-18-26-40-76-57(71)77-41-27-19-20-28-42-78-58(72)80-46-50-33-31-49(32-34-50)45-79-52(66)30-22-14-12-15-23-35-61-55(69)64(60(8,9)10)38-44-74-54(68)48(3)4/h31-34H,1,3,11-30,35-46H2,2,4-10H3,(H,61,69)(H,62,70). The fraction of sp³-hybridized carbons (Fsp3) is 0.700. The maximum atomic E-state index is 12.9. The largest absolute Gasteiger partial charge is 0.508 e. The molecular formula is C60H98N4O16. The van der Waals surface area contributed by atoms with Crippen molar-refractivity contribution in [2.45, 2.75) is 208 Å². The van der Waals surface area contributed by atoms with Gasteiger partial charge in [0.15, 0.2) is 0 Å². The lowest BCUT2D eigenvalue weighted by atomic mass is 10.0. The normalized spacial score (nSPS) is 11.1. The molecule has 0 atom stereocenters. The Kier molecular flexibility index (Phi) is 38.1. The van der Waals surface area contributed by atoms with Gasteiger partial charge < -0.3 is 58.3 Å². The van der Waals surface area contributed by atoms with Gasteiger partial charge in [-0.3, -0.25) is 9.59 Å². The van der Waals surface area contributed by atoms with Crippen LogP contribution in [0.5, 0.6) is 0 Å². The van der Waals surface area contributed by atoms with Gasteiger partial charge in [0.2, 0.25) is 5.91 Å². The molecule has 0 saturated heterocycles. The van der Waals surface area contributed by atoms with Crippen LogP contribution in [0.1, 0.15) is 195 Å². The summed E-state index contributed by atoms with van der Waals surface area (Å²) in [6, 6.07) is 7.01. The Morgan fingerprint density at radius 3 is 1.26 bits per heavy atom. The highest BCUT2D eigenvalue weighted by Gasteiger charge is 2.27. The summed E-state index contributed by atoms with van der Waals surface area (Å²) >= 11 is 0. The van der Waals surface area contributed by atoms with Crippen molar-refractivity contribution >= 4 is 48.3 Å². The number of unbranched alkanes of at least 4 members (excludes halogenated alkanes) is 14. The molecule has 0 aliphatic carbocycles. The number of ether oxygens (including phenoxy) is 8. The quantitative estimate of drug-likeness (QED) is 0.0268. The Morgan fingerprint density at radius 2 is 0.800 bits per heavy atom. The Labute approximate surface area is 477 Å². The summed E-state index contributed by atoms with van der Waals surface area (Å²) < 4.78 is 41.7. The van der Waals surface area contributed by atoms with Crippen LogP contribution in [0.2, 0.25) is 0 Å². The number of urea groups is 1. The van der Waals surface area contributed by atoms with Crippen molar-refractivity contribution in [3.8, 4) is 0 Å². The third-order valence-electron chi connectivity index (χ3n) is 12.4. The third kappa shape index (κ3) is 37.5. The van der Waals surface area contributed by atoms with E-state index in [1.165, 1.54) is 0 Å². The number of esters is 3. The van der Waals surface area contributed by atoms with Gasteiger partial charge in [0.25, 0.3) is 0 Å².